The molecule has 0 saturated carbocycles. The highest BCUT2D eigenvalue weighted by Gasteiger charge is 2.29. The van der Waals surface area contributed by atoms with Gasteiger partial charge in [-0.15, -0.1) is 0 Å². The molecule has 1 aliphatic rings. The van der Waals surface area contributed by atoms with E-state index in [-0.39, 0.29) is 12.5 Å². The van der Waals surface area contributed by atoms with Crippen LogP contribution in [0.25, 0.3) is 0 Å². The molecule has 168 valence electrons. The molecular formula is C19H24FN5O5S. The van der Waals surface area contributed by atoms with Crippen LogP contribution in [0.3, 0.4) is 0 Å². The highest BCUT2D eigenvalue weighted by atomic mass is 32.2. The van der Waals surface area contributed by atoms with Crippen LogP contribution < -0.4 is 10.0 Å². The van der Waals surface area contributed by atoms with Gasteiger partial charge in [0.25, 0.3) is 0 Å². The fraction of sp³-hybridized carbons (Fsp3) is 0.421. The van der Waals surface area contributed by atoms with E-state index in [1.54, 1.807) is 13.0 Å². The summed E-state index contributed by atoms with van der Waals surface area (Å²) in [6.45, 7) is 4.83. The van der Waals surface area contributed by atoms with Gasteiger partial charge in [-0.2, -0.15) is 4.72 Å². The predicted molar refractivity (Wildman–Crippen MR) is 109 cm³/mol. The first-order chi connectivity index (χ1) is 14.7. The maximum Gasteiger partial charge on any atom is 0.244 e. The van der Waals surface area contributed by atoms with Crippen LogP contribution >= 0.6 is 0 Å². The second-order valence-electron chi connectivity index (χ2n) is 7.25. The number of anilines is 1. The van der Waals surface area contributed by atoms with Crippen molar-refractivity contribution < 1.29 is 26.9 Å². The second-order valence-corrected chi connectivity index (χ2v) is 8.93. The van der Waals surface area contributed by atoms with Gasteiger partial charge in [0, 0.05) is 32.2 Å². The van der Waals surface area contributed by atoms with Crippen LogP contribution in [0.5, 0.6) is 0 Å². The van der Waals surface area contributed by atoms with Crippen molar-refractivity contribution in [3.63, 3.8) is 0 Å². The maximum absolute atomic E-state index is 13.8. The maximum atomic E-state index is 13.8. The number of rotatable bonds is 7. The molecule has 2 aromatic rings. The van der Waals surface area contributed by atoms with E-state index in [9.17, 15) is 22.4 Å². The largest absolute Gasteiger partial charge is 0.360 e. The molecule has 0 radical (unpaired) electrons. The molecule has 10 nitrogen and oxygen atoms in total. The molecule has 2 amide bonds. The van der Waals surface area contributed by atoms with Gasteiger partial charge < -0.3 is 14.7 Å². The first kappa shape index (κ1) is 22.8. The van der Waals surface area contributed by atoms with Crippen molar-refractivity contribution in [1.29, 1.82) is 0 Å². The third-order valence-electron chi connectivity index (χ3n) is 4.78. The molecule has 1 aliphatic heterocycles. The number of hydrogen-bond acceptors (Lipinski definition) is 7. The molecule has 0 unspecified atom stereocenters. The van der Waals surface area contributed by atoms with Crippen molar-refractivity contribution >= 4 is 27.7 Å². The first-order valence-electron chi connectivity index (χ1n) is 9.67. The van der Waals surface area contributed by atoms with E-state index in [1.165, 1.54) is 24.0 Å². The number of piperazine rings is 1. The Hall–Kier alpha value is -2.83. The zero-order valence-electron chi connectivity index (χ0n) is 17.2. The Labute approximate surface area is 179 Å². The van der Waals surface area contributed by atoms with Crippen LogP contribution in [0, 0.1) is 12.7 Å². The van der Waals surface area contributed by atoms with Gasteiger partial charge in [-0.3, -0.25) is 14.5 Å². The molecule has 2 heterocycles. The van der Waals surface area contributed by atoms with Gasteiger partial charge in [-0.05, 0) is 26.0 Å². The molecule has 1 fully saturated rings. The molecule has 2 N–H and O–H groups in total. The van der Waals surface area contributed by atoms with Crippen LogP contribution in [0.1, 0.15) is 12.7 Å². The van der Waals surface area contributed by atoms with Gasteiger partial charge in [0.1, 0.15) is 16.5 Å². The van der Waals surface area contributed by atoms with E-state index in [2.05, 4.69) is 15.2 Å². The fourth-order valence-corrected chi connectivity index (χ4v) is 4.50. The summed E-state index contributed by atoms with van der Waals surface area (Å²) in [5.41, 5.74) is 0. The lowest BCUT2D eigenvalue weighted by molar-refractivity contribution is -0.134. The highest BCUT2D eigenvalue weighted by Crippen LogP contribution is 2.14. The third-order valence-corrected chi connectivity index (χ3v) is 6.35. The predicted octanol–water partition coefficient (Wildman–Crippen LogP) is 0.572. The van der Waals surface area contributed by atoms with Crippen LogP contribution in [0.2, 0.25) is 0 Å². The molecule has 0 bridgehead atoms. The first-order valence-corrected chi connectivity index (χ1v) is 11.1. The Kier molecular flexibility index (Phi) is 7.03. The van der Waals surface area contributed by atoms with Crippen LogP contribution in [-0.2, 0) is 19.6 Å². The van der Waals surface area contributed by atoms with E-state index in [4.69, 9.17) is 4.52 Å². The zero-order chi connectivity index (χ0) is 22.6. The molecule has 31 heavy (non-hydrogen) atoms. The number of halogens is 1. The summed E-state index contributed by atoms with van der Waals surface area (Å²) < 4.78 is 45.7. The zero-order valence-corrected chi connectivity index (χ0v) is 18.0. The minimum atomic E-state index is -4.18. The van der Waals surface area contributed by atoms with Gasteiger partial charge in [0.2, 0.25) is 21.8 Å². The van der Waals surface area contributed by atoms with Crippen molar-refractivity contribution in [1.82, 2.24) is 19.7 Å². The van der Waals surface area contributed by atoms with E-state index in [0.29, 0.717) is 37.8 Å². The summed E-state index contributed by atoms with van der Waals surface area (Å²) in [5.74, 6) is -0.627. The molecular weight excluding hydrogens is 429 g/mol. The molecule has 12 heteroatoms. The lowest BCUT2D eigenvalue weighted by atomic mass is 10.2. The summed E-state index contributed by atoms with van der Waals surface area (Å²) in [5, 5.41) is 6.34. The number of carbonyl (C=O) groups excluding carboxylic acids is 2. The second kappa shape index (κ2) is 9.54. The lowest BCUT2D eigenvalue weighted by Gasteiger charge is -2.35. The minimum Gasteiger partial charge on any atom is -0.360 e. The number of benzene rings is 1. The standard InChI is InChI=1S/C19H24FN5O5S/c1-13-11-17(22-30-13)21-18(26)12-24-7-9-25(10-8-24)19(27)14(2)23-31(28,29)16-6-4-3-5-15(16)20/h3-6,11,14,23H,7-10,12H2,1-2H3,(H,21,22,26)/t14-/m0/s1. The Bertz CT molecular complexity index is 1050. The van der Waals surface area contributed by atoms with Gasteiger partial charge in [0.05, 0.1) is 12.6 Å². The van der Waals surface area contributed by atoms with Gasteiger partial charge in [-0.25, -0.2) is 12.8 Å². The Morgan fingerprint density at radius 2 is 1.90 bits per heavy atom. The van der Waals surface area contributed by atoms with Crippen LogP contribution in [0.4, 0.5) is 10.2 Å². The summed E-state index contributed by atoms with van der Waals surface area (Å²) in [4.78, 5) is 27.6. The Morgan fingerprint density at radius 1 is 1.23 bits per heavy atom. The van der Waals surface area contributed by atoms with E-state index in [0.717, 1.165) is 12.1 Å². The molecule has 1 atom stereocenters. The van der Waals surface area contributed by atoms with Crippen molar-refractivity contribution in [2.75, 3.05) is 38.0 Å². The number of aromatic nitrogens is 1. The molecule has 0 spiro atoms. The molecule has 0 aliphatic carbocycles. The number of nitrogens with one attached hydrogen (secondary N) is 2. The van der Waals surface area contributed by atoms with Gasteiger partial charge in [0.15, 0.2) is 5.82 Å². The van der Waals surface area contributed by atoms with E-state index >= 15 is 0 Å². The topological polar surface area (TPSA) is 125 Å². The molecule has 1 saturated heterocycles. The molecule has 3 rings (SSSR count). The van der Waals surface area contributed by atoms with Gasteiger partial charge in [-0.1, -0.05) is 17.3 Å². The van der Waals surface area contributed by atoms with E-state index in [1.807, 2.05) is 4.90 Å². The average molecular weight is 453 g/mol. The monoisotopic (exact) mass is 453 g/mol. The smallest absolute Gasteiger partial charge is 0.244 e. The van der Waals surface area contributed by atoms with Gasteiger partial charge >= 0.3 is 0 Å². The van der Waals surface area contributed by atoms with Crippen molar-refractivity contribution in [2.24, 2.45) is 0 Å². The number of amides is 2. The number of sulfonamides is 1. The summed E-state index contributed by atoms with van der Waals surface area (Å²) in [7, 11) is -4.18. The number of nitrogens with zero attached hydrogens (tertiary/aromatic N) is 3. The number of carbonyl (C=O) groups is 2. The normalized spacial score (nSPS) is 16.2. The van der Waals surface area contributed by atoms with Crippen molar-refractivity contribution in [3.05, 3.63) is 41.9 Å². The van der Waals surface area contributed by atoms with Crippen LogP contribution in [0.15, 0.2) is 39.8 Å². The highest BCUT2D eigenvalue weighted by molar-refractivity contribution is 7.89. The average Bonchev–Trinajstić information content (AvgIpc) is 3.12. The quantitative estimate of drug-likeness (QED) is 0.628. The Morgan fingerprint density at radius 3 is 2.52 bits per heavy atom. The molecule has 1 aromatic carbocycles. The number of hydrogen-bond donors (Lipinski definition) is 2. The minimum absolute atomic E-state index is 0.128. The SMILES string of the molecule is Cc1cc(NC(=O)CN2CCN(C(=O)[C@H](C)NS(=O)(=O)c3ccccc3F)CC2)no1. The summed E-state index contributed by atoms with van der Waals surface area (Å²) in [6, 6.07) is 5.52. The summed E-state index contributed by atoms with van der Waals surface area (Å²) in [6.07, 6.45) is 0. The van der Waals surface area contributed by atoms with E-state index < -0.39 is 32.7 Å². The van der Waals surface area contributed by atoms with Crippen LogP contribution in [-0.4, -0.2) is 74.0 Å². The lowest BCUT2D eigenvalue weighted by Crippen LogP contribution is -2.55. The number of aryl methyl sites for hydroxylation is 1. The van der Waals surface area contributed by atoms with Crippen molar-refractivity contribution in [2.45, 2.75) is 24.8 Å². The fourth-order valence-electron chi connectivity index (χ4n) is 3.22. The Balaban J connectivity index is 1.49. The van der Waals surface area contributed by atoms with Crippen molar-refractivity contribution in [3.8, 4) is 0 Å². The summed E-state index contributed by atoms with van der Waals surface area (Å²) >= 11 is 0. The molecule has 1 aromatic heterocycles. The third kappa shape index (κ3) is 5.87.